The summed E-state index contributed by atoms with van der Waals surface area (Å²) < 4.78 is 0. The van der Waals surface area contributed by atoms with Gasteiger partial charge in [-0.05, 0) is 50.9 Å². The first kappa shape index (κ1) is 16.0. The van der Waals surface area contributed by atoms with Gasteiger partial charge in [0.1, 0.15) is 5.01 Å². The Morgan fingerprint density at radius 3 is 2.96 bits per heavy atom. The van der Waals surface area contributed by atoms with E-state index in [9.17, 15) is 4.79 Å². The number of fused-ring (bicyclic) bond motifs is 3. The standard InChI is InChI=1S/C19H21N5OS/c1-10-9-26-19(20-10)11-3-4-15-14(6-11)17(23-22-15)18(25)21-16-7-13-5-12(16)8-24(13)2/h3-4,6,9,12-13,16H,5,7-8H2,1-2H3,(H,21,25)(H,22,23). The highest BCUT2D eigenvalue weighted by Crippen LogP contribution is 2.37. The number of hydrogen-bond donors (Lipinski definition) is 2. The molecule has 1 amide bonds. The van der Waals surface area contributed by atoms with Gasteiger partial charge in [0.2, 0.25) is 0 Å². The number of nitrogens with one attached hydrogen (secondary N) is 2. The van der Waals surface area contributed by atoms with E-state index >= 15 is 0 Å². The molecule has 26 heavy (non-hydrogen) atoms. The molecule has 2 fully saturated rings. The van der Waals surface area contributed by atoms with Gasteiger partial charge in [-0.3, -0.25) is 9.89 Å². The van der Waals surface area contributed by atoms with Crippen LogP contribution in [0.1, 0.15) is 29.0 Å². The summed E-state index contributed by atoms with van der Waals surface area (Å²) in [6, 6.07) is 6.88. The minimum absolute atomic E-state index is 0.0797. The lowest BCUT2D eigenvalue weighted by molar-refractivity contribution is 0.0909. The fraction of sp³-hybridized carbons (Fsp3) is 0.421. The van der Waals surface area contributed by atoms with Crippen molar-refractivity contribution in [3.8, 4) is 10.6 Å². The molecule has 7 heteroatoms. The molecule has 134 valence electrons. The number of amides is 1. The van der Waals surface area contributed by atoms with E-state index in [4.69, 9.17) is 0 Å². The van der Waals surface area contributed by atoms with Crippen LogP contribution in [0.4, 0.5) is 0 Å². The van der Waals surface area contributed by atoms with Gasteiger partial charge in [0.05, 0.1) is 5.52 Å². The number of aromatic nitrogens is 3. The van der Waals surface area contributed by atoms with Crippen molar-refractivity contribution in [3.63, 3.8) is 0 Å². The first-order valence-electron chi connectivity index (χ1n) is 9.00. The second-order valence-electron chi connectivity index (χ2n) is 7.53. The molecular weight excluding hydrogens is 346 g/mol. The van der Waals surface area contributed by atoms with Crippen molar-refractivity contribution in [2.75, 3.05) is 13.6 Å². The van der Waals surface area contributed by atoms with Crippen molar-refractivity contribution >= 4 is 28.1 Å². The maximum Gasteiger partial charge on any atom is 0.272 e. The van der Waals surface area contributed by atoms with Gasteiger partial charge in [-0.2, -0.15) is 5.10 Å². The van der Waals surface area contributed by atoms with Gasteiger partial charge in [0.15, 0.2) is 5.69 Å². The van der Waals surface area contributed by atoms with Crippen LogP contribution in [-0.4, -0.2) is 51.7 Å². The second-order valence-corrected chi connectivity index (χ2v) is 8.39. The molecule has 2 N–H and O–H groups in total. The summed E-state index contributed by atoms with van der Waals surface area (Å²) in [5.74, 6) is 0.483. The molecule has 3 heterocycles. The van der Waals surface area contributed by atoms with Crippen LogP contribution in [0.3, 0.4) is 0 Å². The third kappa shape index (κ3) is 2.54. The molecular formula is C19H21N5OS. The van der Waals surface area contributed by atoms with E-state index in [1.807, 2.05) is 30.5 Å². The van der Waals surface area contributed by atoms with Gasteiger partial charge < -0.3 is 10.2 Å². The molecule has 2 aliphatic rings. The number of carbonyl (C=O) groups is 1. The summed E-state index contributed by atoms with van der Waals surface area (Å²) in [4.78, 5) is 19.8. The van der Waals surface area contributed by atoms with Gasteiger partial charge >= 0.3 is 0 Å². The van der Waals surface area contributed by atoms with Crippen LogP contribution < -0.4 is 5.32 Å². The number of hydrogen-bond acceptors (Lipinski definition) is 5. The SMILES string of the molecule is Cc1csc(-c2ccc3[nH]nc(C(=O)NC4CC5CC4CN5C)c3c2)n1. The number of thiazole rings is 1. The van der Waals surface area contributed by atoms with Crippen molar-refractivity contribution < 1.29 is 4.79 Å². The number of H-pyrrole nitrogens is 1. The summed E-state index contributed by atoms with van der Waals surface area (Å²) in [6.45, 7) is 3.06. The molecule has 0 radical (unpaired) electrons. The van der Waals surface area contributed by atoms with E-state index in [1.165, 1.54) is 6.42 Å². The Kier molecular flexibility index (Phi) is 3.62. The van der Waals surface area contributed by atoms with Gasteiger partial charge in [-0.1, -0.05) is 0 Å². The quantitative estimate of drug-likeness (QED) is 0.747. The largest absolute Gasteiger partial charge is 0.348 e. The molecule has 2 aromatic heterocycles. The van der Waals surface area contributed by atoms with Crippen molar-refractivity contribution in [2.45, 2.75) is 31.8 Å². The summed E-state index contributed by atoms with van der Waals surface area (Å²) in [7, 11) is 2.17. The first-order chi connectivity index (χ1) is 12.6. The van der Waals surface area contributed by atoms with Crippen LogP contribution in [0.2, 0.25) is 0 Å². The van der Waals surface area contributed by atoms with E-state index in [2.05, 4.69) is 32.4 Å². The number of rotatable bonds is 3. The highest BCUT2D eigenvalue weighted by atomic mass is 32.1. The molecule has 3 atom stereocenters. The highest BCUT2D eigenvalue weighted by Gasteiger charge is 2.43. The minimum atomic E-state index is -0.0797. The molecule has 1 aliphatic heterocycles. The molecule has 2 bridgehead atoms. The van der Waals surface area contributed by atoms with E-state index in [0.29, 0.717) is 17.7 Å². The summed E-state index contributed by atoms with van der Waals surface area (Å²) in [5.41, 5.74) is 3.38. The fourth-order valence-electron chi connectivity index (χ4n) is 4.40. The lowest BCUT2D eigenvalue weighted by atomic mass is 10.0. The van der Waals surface area contributed by atoms with E-state index in [0.717, 1.165) is 40.1 Å². The van der Waals surface area contributed by atoms with Crippen molar-refractivity contribution in [2.24, 2.45) is 5.92 Å². The zero-order valence-electron chi connectivity index (χ0n) is 14.8. The van der Waals surface area contributed by atoms with Crippen LogP contribution in [0.25, 0.3) is 21.5 Å². The Labute approximate surface area is 155 Å². The molecule has 3 aromatic rings. The summed E-state index contributed by atoms with van der Waals surface area (Å²) in [5, 5.41) is 14.4. The van der Waals surface area contributed by atoms with E-state index in [1.54, 1.807) is 11.3 Å². The third-order valence-electron chi connectivity index (χ3n) is 5.78. The van der Waals surface area contributed by atoms with Gasteiger partial charge in [0.25, 0.3) is 5.91 Å². The number of benzene rings is 1. The number of piperidine rings is 1. The number of aromatic amines is 1. The van der Waals surface area contributed by atoms with Crippen molar-refractivity contribution in [1.29, 1.82) is 0 Å². The minimum Gasteiger partial charge on any atom is -0.348 e. The average Bonchev–Trinajstić information content (AvgIpc) is 3.37. The molecule has 5 rings (SSSR count). The van der Waals surface area contributed by atoms with Crippen molar-refractivity contribution in [3.05, 3.63) is 35.0 Å². The topological polar surface area (TPSA) is 73.9 Å². The lowest BCUT2D eigenvalue weighted by Crippen LogP contribution is -2.44. The number of carbonyl (C=O) groups excluding carboxylic acids is 1. The van der Waals surface area contributed by atoms with Gasteiger partial charge in [-0.15, -0.1) is 11.3 Å². The monoisotopic (exact) mass is 367 g/mol. The zero-order chi connectivity index (χ0) is 17.8. The van der Waals surface area contributed by atoms with Crippen molar-refractivity contribution in [1.82, 2.24) is 25.4 Å². The van der Waals surface area contributed by atoms with Crippen LogP contribution in [0.5, 0.6) is 0 Å². The first-order valence-corrected chi connectivity index (χ1v) is 9.88. The lowest BCUT2D eigenvalue weighted by Gasteiger charge is -2.28. The molecule has 1 aromatic carbocycles. The third-order valence-corrected chi connectivity index (χ3v) is 6.79. The van der Waals surface area contributed by atoms with E-state index in [-0.39, 0.29) is 11.9 Å². The van der Waals surface area contributed by atoms with Crippen LogP contribution in [0, 0.1) is 12.8 Å². The Bertz CT molecular complexity index is 991. The molecule has 1 saturated carbocycles. The predicted molar refractivity (Wildman–Crippen MR) is 102 cm³/mol. The number of likely N-dealkylation sites (tertiary alicyclic amines) is 1. The van der Waals surface area contributed by atoms with Crippen LogP contribution in [0.15, 0.2) is 23.6 Å². The van der Waals surface area contributed by atoms with E-state index < -0.39 is 0 Å². The smallest absolute Gasteiger partial charge is 0.272 e. The maximum atomic E-state index is 12.9. The molecule has 6 nitrogen and oxygen atoms in total. The predicted octanol–water partition coefficient (Wildman–Crippen LogP) is 2.82. The summed E-state index contributed by atoms with van der Waals surface area (Å²) in [6.07, 6.45) is 2.23. The Balaban J connectivity index is 1.42. The average molecular weight is 367 g/mol. The van der Waals surface area contributed by atoms with Gasteiger partial charge in [0, 0.05) is 40.7 Å². The number of aryl methyl sites for hydroxylation is 1. The molecule has 3 unspecified atom stereocenters. The molecule has 1 aliphatic carbocycles. The molecule has 1 saturated heterocycles. The highest BCUT2D eigenvalue weighted by molar-refractivity contribution is 7.13. The normalized spacial score (nSPS) is 25.2. The number of nitrogens with zero attached hydrogens (tertiary/aromatic N) is 3. The fourth-order valence-corrected chi connectivity index (χ4v) is 5.19. The Morgan fingerprint density at radius 2 is 2.27 bits per heavy atom. The second kappa shape index (κ2) is 5.89. The Hall–Kier alpha value is -2.25. The summed E-state index contributed by atoms with van der Waals surface area (Å²) >= 11 is 1.62. The van der Waals surface area contributed by atoms with Crippen LogP contribution in [-0.2, 0) is 0 Å². The maximum absolute atomic E-state index is 12.9. The van der Waals surface area contributed by atoms with Crippen LogP contribution >= 0.6 is 11.3 Å². The Morgan fingerprint density at radius 1 is 1.38 bits per heavy atom. The molecule has 0 spiro atoms. The zero-order valence-corrected chi connectivity index (χ0v) is 15.6. The van der Waals surface area contributed by atoms with Gasteiger partial charge in [-0.25, -0.2) is 4.98 Å².